The number of piperazine rings is 1. The Hall–Kier alpha value is -0.570. The molecule has 2 saturated carbocycles. The Labute approximate surface area is 129 Å². The molecule has 120 valence electrons. The summed E-state index contributed by atoms with van der Waals surface area (Å²) >= 11 is 0. The molecule has 3 heteroatoms. The summed E-state index contributed by atoms with van der Waals surface area (Å²) in [7, 11) is 0. The van der Waals surface area contributed by atoms with Crippen LogP contribution in [0.15, 0.2) is 0 Å². The van der Waals surface area contributed by atoms with Gasteiger partial charge in [-0.05, 0) is 37.5 Å². The minimum absolute atomic E-state index is 0.351. The zero-order valence-electron chi connectivity index (χ0n) is 13.5. The molecule has 3 aliphatic rings. The number of nitrogens with one attached hydrogen (secondary N) is 1. The van der Waals surface area contributed by atoms with E-state index in [-0.39, 0.29) is 0 Å². The van der Waals surface area contributed by atoms with Crippen LogP contribution in [0.2, 0.25) is 0 Å². The third-order valence-corrected chi connectivity index (χ3v) is 6.03. The van der Waals surface area contributed by atoms with Crippen molar-refractivity contribution in [2.45, 2.75) is 64.2 Å². The van der Waals surface area contributed by atoms with E-state index in [9.17, 15) is 4.79 Å². The van der Waals surface area contributed by atoms with Crippen LogP contribution in [0, 0.1) is 17.8 Å². The summed E-state index contributed by atoms with van der Waals surface area (Å²) in [6.45, 7) is 3.81. The quantitative estimate of drug-likeness (QED) is 0.866. The largest absolute Gasteiger partial charge is 0.340 e. The topological polar surface area (TPSA) is 32.3 Å². The first-order chi connectivity index (χ1) is 10.4. The molecule has 0 unspecified atom stereocenters. The highest BCUT2D eigenvalue weighted by Gasteiger charge is 2.38. The lowest BCUT2D eigenvalue weighted by molar-refractivity contribution is -0.141. The summed E-state index contributed by atoms with van der Waals surface area (Å²) in [6.07, 6.45) is 13.4. The molecule has 1 heterocycles. The Morgan fingerprint density at radius 2 is 1.29 bits per heavy atom. The number of nitrogens with zero attached hydrogens (tertiary/aromatic N) is 1. The summed E-state index contributed by atoms with van der Waals surface area (Å²) in [5.74, 6) is 2.23. The third-order valence-electron chi connectivity index (χ3n) is 6.03. The Morgan fingerprint density at radius 1 is 0.810 bits per heavy atom. The van der Waals surface area contributed by atoms with Crippen molar-refractivity contribution in [2.24, 2.45) is 17.8 Å². The van der Waals surface area contributed by atoms with Gasteiger partial charge < -0.3 is 10.2 Å². The van der Waals surface area contributed by atoms with Crippen LogP contribution in [-0.4, -0.2) is 37.0 Å². The van der Waals surface area contributed by atoms with E-state index in [1.54, 1.807) is 0 Å². The molecule has 1 N–H and O–H groups in total. The van der Waals surface area contributed by atoms with Crippen LogP contribution in [0.25, 0.3) is 0 Å². The van der Waals surface area contributed by atoms with E-state index in [0.29, 0.717) is 23.7 Å². The van der Waals surface area contributed by atoms with E-state index in [1.165, 1.54) is 64.2 Å². The van der Waals surface area contributed by atoms with Crippen LogP contribution in [0.3, 0.4) is 0 Å². The van der Waals surface area contributed by atoms with Crippen molar-refractivity contribution >= 4 is 5.91 Å². The fourth-order valence-electron chi connectivity index (χ4n) is 4.87. The van der Waals surface area contributed by atoms with Crippen molar-refractivity contribution in [2.75, 3.05) is 26.2 Å². The fraction of sp³-hybridized carbons (Fsp3) is 0.944. The van der Waals surface area contributed by atoms with Crippen molar-refractivity contribution < 1.29 is 4.79 Å². The lowest BCUT2D eigenvalue weighted by Gasteiger charge is -2.40. The molecule has 3 nitrogen and oxygen atoms in total. The Kier molecular flexibility index (Phi) is 5.56. The van der Waals surface area contributed by atoms with Crippen LogP contribution in [-0.2, 0) is 4.79 Å². The third kappa shape index (κ3) is 3.80. The lowest BCUT2D eigenvalue weighted by atomic mass is 9.69. The second kappa shape index (κ2) is 7.62. The Balaban J connectivity index is 1.71. The summed E-state index contributed by atoms with van der Waals surface area (Å²) in [5.41, 5.74) is 0. The van der Waals surface area contributed by atoms with Crippen molar-refractivity contribution in [3.63, 3.8) is 0 Å². The van der Waals surface area contributed by atoms with Gasteiger partial charge in [0.05, 0.1) is 0 Å². The SMILES string of the molecule is O=C(C(C1CCCCC1)C1CCCCC1)N1CCNCC1. The molecule has 0 radical (unpaired) electrons. The van der Waals surface area contributed by atoms with Gasteiger partial charge in [0, 0.05) is 32.1 Å². The average Bonchev–Trinajstić information content (AvgIpc) is 2.58. The first-order valence-electron chi connectivity index (χ1n) is 9.36. The second-order valence-corrected chi connectivity index (χ2v) is 7.40. The summed E-state index contributed by atoms with van der Waals surface area (Å²) in [4.78, 5) is 15.4. The molecular weight excluding hydrogens is 260 g/mol. The predicted molar refractivity (Wildman–Crippen MR) is 86.1 cm³/mol. The van der Waals surface area contributed by atoms with Crippen molar-refractivity contribution in [3.8, 4) is 0 Å². The molecule has 0 aromatic rings. The van der Waals surface area contributed by atoms with E-state index < -0.39 is 0 Å². The van der Waals surface area contributed by atoms with Gasteiger partial charge in [-0.3, -0.25) is 4.79 Å². The number of hydrogen-bond donors (Lipinski definition) is 1. The van der Waals surface area contributed by atoms with Gasteiger partial charge in [0.1, 0.15) is 0 Å². The van der Waals surface area contributed by atoms with Crippen LogP contribution >= 0.6 is 0 Å². The molecule has 0 aromatic heterocycles. The zero-order valence-corrected chi connectivity index (χ0v) is 13.5. The maximum absolute atomic E-state index is 13.2. The molecule has 3 rings (SSSR count). The van der Waals surface area contributed by atoms with Crippen LogP contribution < -0.4 is 5.32 Å². The summed E-state index contributed by atoms with van der Waals surface area (Å²) < 4.78 is 0. The Bertz CT molecular complexity index is 308. The monoisotopic (exact) mass is 292 g/mol. The molecule has 21 heavy (non-hydrogen) atoms. The zero-order chi connectivity index (χ0) is 14.5. The molecular formula is C18H32N2O. The smallest absolute Gasteiger partial charge is 0.226 e. The highest BCUT2D eigenvalue weighted by Crippen LogP contribution is 2.40. The van der Waals surface area contributed by atoms with E-state index in [0.717, 1.165) is 26.2 Å². The molecule has 0 aromatic carbocycles. The predicted octanol–water partition coefficient (Wildman–Crippen LogP) is 3.20. The normalized spacial score (nSPS) is 26.2. The van der Waals surface area contributed by atoms with Gasteiger partial charge in [-0.1, -0.05) is 38.5 Å². The van der Waals surface area contributed by atoms with Crippen molar-refractivity contribution in [1.82, 2.24) is 10.2 Å². The molecule has 2 aliphatic carbocycles. The van der Waals surface area contributed by atoms with Crippen LogP contribution in [0.5, 0.6) is 0 Å². The van der Waals surface area contributed by atoms with Gasteiger partial charge in [0.25, 0.3) is 0 Å². The van der Waals surface area contributed by atoms with Gasteiger partial charge in [-0.15, -0.1) is 0 Å². The molecule has 0 bridgehead atoms. The molecule has 3 fully saturated rings. The highest BCUT2D eigenvalue weighted by molar-refractivity contribution is 5.79. The van der Waals surface area contributed by atoms with E-state index in [4.69, 9.17) is 0 Å². The molecule has 0 atom stereocenters. The summed E-state index contributed by atoms with van der Waals surface area (Å²) in [6, 6.07) is 0. The minimum atomic E-state index is 0.351. The summed E-state index contributed by atoms with van der Waals surface area (Å²) in [5, 5.41) is 3.37. The van der Waals surface area contributed by atoms with Gasteiger partial charge >= 0.3 is 0 Å². The molecule has 1 saturated heterocycles. The van der Waals surface area contributed by atoms with Crippen LogP contribution in [0.4, 0.5) is 0 Å². The van der Waals surface area contributed by atoms with Gasteiger partial charge in [0.2, 0.25) is 5.91 Å². The number of amides is 1. The van der Waals surface area contributed by atoms with Gasteiger partial charge in [-0.25, -0.2) is 0 Å². The number of rotatable bonds is 3. The average molecular weight is 292 g/mol. The van der Waals surface area contributed by atoms with E-state index >= 15 is 0 Å². The molecule has 1 aliphatic heterocycles. The number of carbonyl (C=O) groups excluding carboxylic acids is 1. The van der Waals surface area contributed by atoms with E-state index in [2.05, 4.69) is 10.2 Å². The first-order valence-corrected chi connectivity index (χ1v) is 9.36. The first kappa shape index (κ1) is 15.3. The molecule has 1 amide bonds. The maximum atomic E-state index is 13.2. The lowest BCUT2D eigenvalue weighted by Crippen LogP contribution is -2.51. The standard InChI is InChI=1S/C18H32N2O/c21-18(20-13-11-19-12-14-20)17(15-7-3-1-4-8-15)16-9-5-2-6-10-16/h15-17,19H,1-14H2. The molecule has 0 spiro atoms. The van der Waals surface area contributed by atoms with Gasteiger partial charge in [-0.2, -0.15) is 0 Å². The van der Waals surface area contributed by atoms with Crippen molar-refractivity contribution in [1.29, 1.82) is 0 Å². The second-order valence-electron chi connectivity index (χ2n) is 7.40. The fourth-order valence-corrected chi connectivity index (χ4v) is 4.87. The van der Waals surface area contributed by atoms with E-state index in [1.807, 2.05) is 0 Å². The Morgan fingerprint density at radius 3 is 1.76 bits per heavy atom. The number of carbonyl (C=O) groups is 1. The maximum Gasteiger partial charge on any atom is 0.226 e. The van der Waals surface area contributed by atoms with Crippen molar-refractivity contribution in [3.05, 3.63) is 0 Å². The highest BCUT2D eigenvalue weighted by atomic mass is 16.2. The van der Waals surface area contributed by atoms with Gasteiger partial charge in [0.15, 0.2) is 0 Å². The number of hydrogen-bond acceptors (Lipinski definition) is 2. The van der Waals surface area contributed by atoms with Crippen LogP contribution in [0.1, 0.15) is 64.2 Å². The minimum Gasteiger partial charge on any atom is -0.340 e.